The number of carbonyl (C=O) groups is 1. The third-order valence-corrected chi connectivity index (χ3v) is 3.64. The van der Waals surface area contributed by atoms with Gasteiger partial charge in [-0.3, -0.25) is 4.79 Å². The fraction of sp³-hybridized carbons (Fsp3) is 0.211. The molecule has 0 aliphatic rings. The van der Waals surface area contributed by atoms with Crippen molar-refractivity contribution in [1.29, 1.82) is 0 Å². The summed E-state index contributed by atoms with van der Waals surface area (Å²) < 4.78 is 5.60. The zero-order valence-corrected chi connectivity index (χ0v) is 12.9. The van der Waals surface area contributed by atoms with Gasteiger partial charge in [0, 0.05) is 24.1 Å². The van der Waals surface area contributed by atoms with Crippen molar-refractivity contribution in [2.24, 2.45) is 0 Å². The number of H-pyrrole nitrogens is 1. The summed E-state index contributed by atoms with van der Waals surface area (Å²) in [6, 6.07) is 19.8. The summed E-state index contributed by atoms with van der Waals surface area (Å²) in [5.74, 6) is -0.0794. The lowest BCUT2D eigenvalue weighted by Crippen LogP contribution is -2.25. The van der Waals surface area contributed by atoms with E-state index in [4.69, 9.17) is 4.74 Å². The predicted molar refractivity (Wildman–Crippen MR) is 91.3 cm³/mol. The molecule has 0 atom stereocenters. The van der Waals surface area contributed by atoms with E-state index in [-0.39, 0.29) is 5.91 Å². The Bertz CT molecular complexity index is 732. The number of rotatable bonds is 7. The number of aromatic nitrogens is 1. The lowest BCUT2D eigenvalue weighted by atomic mass is 10.2. The van der Waals surface area contributed by atoms with Crippen LogP contribution in [0, 0.1) is 0 Å². The van der Waals surface area contributed by atoms with Gasteiger partial charge in [-0.25, -0.2) is 0 Å². The largest absolute Gasteiger partial charge is 0.377 e. The molecule has 0 saturated carbocycles. The zero-order valence-electron chi connectivity index (χ0n) is 12.9. The second kappa shape index (κ2) is 7.61. The van der Waals surface area contributed by atoms with Gasteiger partial charge in [0.1, 0.15) is 5.69 Å². The quantitative estimate of drug-likeness (QED) is 0.656. The first-order valence-electron chi connectivity index (χ1n) is 7.80. The molecule has 1 heterocycles. The molecule has 3 rings (SSSR count). The van der Waals surface area contributed by atoms with E-state index in [1.807, 2.05) is 60.7 Å². The van der Waals surface area contributed by atoms with Crippen LogP contribution < -0.4 is 5.32 Å². The molecule has 0 unspecified atom stereocenters. The summed E-state index contributed by atoms with van der Waals surface area (Å²) >= 11 is 0. The molecule has 118 valence electrons. The number of hydrogen-bond acceptors (Lipinski definition) is 2. The summed E-state index contributed by atoms with van der Waals surface area (Å²) in [4.78, 5) is 15.2. The van der Waals surface area contributed by atoms with Crippen LogP contribution in [-0.2, 0) is 11.3 Å². The van der Waals surface area contributed by atoms with E-state index < -0.39 is 0 Å². The fourth-order valence-electron chi connectivity index (χ4n) is 2.43. The van der Waals surface area contributed by atoms with Crippen molar-refractivity contribution in [3.63, 3.8) is 0 Å². The highest BCUT2D eigenvalue weighted by Crippen LogP contribution is 2.14. The van der Waals surface area contributed by atoms with Gasteiger partial charge in [-0.2, -0.15) is 0 Å². The number of aromatic amines is 1. The third-order valence-electron chi connectivity index (χ3n) is 3.64. The summed E-state index contributed by atoms with van der Waals surface area (Å²) in [5, 5.41) is 3.95. The Morgan fingerprint density at radius 2 is 1.83 bits per heavy atom. The SMILES string of the molecule is O=C(NCCCOCc1ccccc1)c1cc2ccccc2[nH]1. The average Bonchev–Trinajstić information content (AvgIpc) is 3.03. The Labute approximate surface area is 135 Å². The van der Waals surface area contributed by atoms with Gasteiger partial charge < -0.3 is 15.0 Å². The highest BCUT2D eigenvalue weighted by atomic mass is 16.5. The molecular weight excluding hydrogens is 288 g/mol. The normalized spacial score (nSPS) is 10.8. The minimum Gasteiger partial charge on any atom is -0.377 e. The number of para-hydroxylation sites is 1. The summed E-state index contributed by atoms with van der Waals surface area (Å²) in [5.41, 5.74) is 2.73. The van der Waals surface area contributed by atoms with Gasteiger partial charge >= 0.3 is 0 Å². The fourth-order valence-corrected chi connectivity index (χ4v) is 2.43. The summed E-state index contributed by atoms with van der Waals surface area (Å²) in [7, 11) is 0. The van der Waals surface area contributed by atoms with Crippen LogP contribution >= 0.6 is 0 Å². The number of carbonyl (C=O) groups excluding carboxylic acids is 1. The van der Waals surface area contributed by atoms with Gasteiger partial charge in [0.25, 0.3) is 5.91 Å². The molecule has 0 radical (unpaired) electrons. The van der Waals surface area contributed by atoms with Crippen molar-refractivity contribution in [2.75, 3.05) is 13.2 Å². The maximum atomic E-state index is 12.1. The first-order chi connectivity index (χ1) is 11.3. The molecule has 0 aliphatic heterocycles. The topological polar surface area (TPSA) is 54.1 Å². The Morgan fingerprint density at radius 3 is 2.65 bits per heavy atom. The number of benzene rings is 2. The van der Waals surface area contributed by atoms with Gasteiger partial charge in [0.15, 0.2) is 0 Å². The van der Waals surface area contributed by atoms with Crippen molar-refractivity contribution in [3.8, 4) is 0 Å². The molecule has 4 nitrogen and oxygen atoms in total. The summed E-state index contributed by atoms with van der Waals surface area (Å²) in [6.07, 6.45) is 0.790. The predicted octanol–water partition coefficient (Wildman–Crippen LogP) is 3.50. The van der Waals surface area contributed by atoms with E-state index >= 15 is 0 Å². The Hall–Kier alpha value is -2.59. The van der Waals surface area contributed by atoms with Gasteiger partial charge in [0.2, 0.25) is 0 Å². The third kappa shape index (κ3) is 4.20. The van der Waals surface area contributed by atoms with Crippen molar-refractivity contribution >= 4 is 16.8 Å². The van der Waals surface area contributed by atoms with Crippen LogP contribution in [0.5, 0.6) is 0 Å². The molecule has 4 heteroatoms. The van der Waals surface area contributed by atoms with E-state index in [1.165, 1.54) is 0 Å². The molecule has 0 fully saturated rings. The van der Waals surface area contributed by atoms with E-state index in [0.717, 1.165) is 22.9 Å². The Kier molecular flexibility index (Phi) is 5.06. The molecule has 3 aromatic rings. The minimum atomic E-state index is -0.0794. The van der Waals surface area contributed by atoms with Crippen molar-refractivity contribution in [1.82, 2.24) is 10.3 Å². The van der Waals surface area contributed by atoms with Crippen LogP contribution in [-0.4, -0.2) is 24.0 Å². The van der Waals surface area contributed by atoms with Crippen LogP contribution in [0.2, 0.25) is 0 Å². The number of nitrogens with one attached hydrogen (secondary N) is 2. The van der Waals surface area contributed by atoms with Crippen LogP contribution in [0.3, 0.4) is 0 Å². The smallest absolute Gasteiger partial charge is 0.267 e. The van der Waals surface area contributed by atoms with E-state index in [1.54, 1.807) is 0 Å². The first kappa shape index (κ1) is 15.3. The number of hydrogen-bond donors (Lipinski definition) is 2. The molecule has 0 saturated heterocycles. The van der Waals surface area contributed by atoms with Gasteiger partial charge in [-0.15, -0.1) is 0 Å². The molecular formula is C19H20N2O2. The van der Waals surface area contributed by atoms with Gasteiger partial charge in [0.05, 0.1) is 6.61 Å². The standard InChI is InChI=1S/C19H20N2O2/c22-19(18-13-16-9-4-5-10-17(16)21-18)20-11-6-12-23-14-15-7-2-1-3-8-15/h1-5,7-10,13,21H,6,11-12,14H2,(H,20,22). The second-order valence-corrected chi connectivity index (χ2v) is 5.42. The van der Waals surface area contributed by atoms with Gasteiger partial charge in [-0.1, -0.05) is 48.5 Å². The minimum absolute atomic E-state index is 0.0794. The van der Waals surface area contributed by atoms with Crippen molar-refractivity contribution in [3.05, 3.63) is 71.9 Å². The van der Waals surface area contributed by atoms with Crippen molar-refractivity contribution in [2.45, 2.75) is 13.0 Å². The van der Waals surface area contributed by atoms with Crippen LogP contribution in [0.4, 0.5) is 0 Å². The molecule has 2 aromatic carbocycles. The molecule has 0 aliphatic carbocycles. The molecule has 1 amide bonds. The highest BCUT2D eigenvalue weighted by molar-refractivity contribution is 5.97. The second-order valence-electron chi connectivity index (χ2n) is 5.42. The lowest BCUT2D eigenvalue weighted by Gasteiger charge is -2.05. The van der Waals surface area contributed by atoms with E-state index in [2.05, 4.69) is 10.3 Å². The van der Waals surface area contributed by atoms with Crippen LogP contribution in [0.25, 0.3) is 10.9 Å². The molecule has 0 bridgehead atoms. The number of amides is 1. The van der Waals surface area contributed by atoms with Gasteiger partial charge in [-0.05, 0) is 24.1 Å². The molecule has 0 spiro atoms. The zero-order chi connectivity index (χ0) is 15.9. The van der Waals surface area contributed by atoms with Crippen LogP contribution in [0.1, 0.15) is 22.5 Å². The Morgan fingerprint density at radius 1 is 1.04 bits per heavy atom. The number of fused-ring (bicyclic) bond motifs is 1. The average molecular weight is 308 g/mol. The maximum absolute atomic E-state index is 12.1. The maximum Gasteiger partial charge on any atom is 0.267 e. The first-order valence-corrected chi connectivity index (χ1v) is 7.80. The molecule has 1 aromatic heterocycles. The van der Waals surface area contributed by atoms with Crippen LogP contribution in [0.15, 0.2) is 60.7 Å². The Balaban J connectivity index is 1.38. The monoisotopic (exact) mass is 308 g/mol. The van der Waals surface area contributed by atoms with E-state index in [9.17, 15) is 4.79 Å². The molecule has 2 N–H and O–H groups in total. The summed E-state index contributed by atoms with van der Waals surface area (Å²) in [6.45, 7) is 1.83. The number of ether oxygens (including phenoxy) is 1. The molecule has 23 heavy (non-hydrogen) atoms. The lowest BCUT2D eigenvalue weighted by molar-refractivity contribution is 0.0930. The highest BCUT2D eigenvalue weighted by Gasteiger charge is 2.08. The van der Waals surface area contributed by atoms with Crippen molar-refractivity contribution < 1.29 is 9.53 Å². The van der Waals surface area contributed by atoms with E-state index in [0.29, 0.717) is 25.5 Å².